The summed E-state index contributed by atoms with van der Waals surface area (Å²) in [5.74, 6) is 1.08. The normalized spacial score (nSPS) is 17.4. The van der Waals surface area contributed by atoms with E-state index < -0.39 is 0 Å². The van der Waals surface area contributed by atoms with Gasteiger partial charge in [0.15, 0.2) is 5.82 Å². The first-order valence-corrected chi connectivity index (χ1v) is 10.2. The predicted octanol–water partition coefficient (Wildman–Crippen LogP) is 2.95. The lowest BCUT2D eigenvalue weighted by Gasteiger charge is -2.33. The first-order chi connectivity index (χ1) is 14.2. The van der Waals surface area contributed by atoms with Gasteiger partial charge < -0.3 is 19.9 Å². The second kappa shape index (κ2) is 8.55. The number of carbonyl (C=O) groups excluding carboxylic acids is 2. The van der Waals surface area contributed by atoms with E-state index in [0.29, 0.717) is 31.7 Å². The van der Waals surface area contributed by atoms with Gasteiger partial charge in [-0.3, -0.25) is 9.89 Å². The molecule has 2 aliphatic heterocycles. The van der Waals surface area contributed by atoms with Gasteiger partial charge in [0.25, 0.3) is 0 Å². The van der Waals surface area contributed by atoms with Gasteiger partial charge in [-0.25, -0.2) is 4.79 Å². The number of rotatable bonds is 4. The van der Waals surface area contributed by atoms with Crippen LogP contribution in [0.4, 0.5) is 10.6 Å². The van der Waals surface area contributed by atoms with Crippen molar-refractivity contribution in [3.05, 3.63) is 30.3 Å². The fourth-order valence-electron chi connectivity index (χ4n) is 4.06. The summed E-state index contributed by atoms with van der Waals surface area (Å²) in [7, 11) is 1.62. The molecule has 0 unspecified atom stereocenters. The number of urea groups is 1. The Morgan fingerprint density at radius 3 is 2.52 bits per heavy atom. The van der Waals surface area contributed by atoms with Crippen LogP contribution < -0.4 is 10.1 Å². The van der Waals surface area contributed by atoms with E-state index in [1.165, 1.54) is 0 Å². The van der Waals surface area contributed by atoms with Gasteiger partial charge in [0.1, 0.15) is 5.75 Å². The maximum Gasteiger partial charge on any atom is 0.319 e. The highest BCUT2D eigenvalue weighted by atomic mass is 16.5. The number of ether oxygens (including phenoxy) is 1. The molecule has 2 saturated heterocycles. The highest BCUT2D eigenvalue weighted by Gasteiger charge is 2.30. The Bertz CT molecular complexity index is 867. The quantitative estimate of drug-likeness (QED) is 0.830. The second-order valence-corrected chi connectivity index (χ2v) is 7.59. The Kier molecular flexibility index (Phi) is 5.69. The summed E-state index contributed by atoms with van der Waals surface area (Å²) < 4.78 is 5.38. The number of hydrogen-bond donors (Lipinski definition) is 2. The monoisotopic (exact) mass is 397 g/mol. The van der Waals surface area contributed by atoms with Crippen LogP contribution >= 0.6 is 0 Å². The maximum absolute atomic E-state index is 12.7. The second-order valence-electron chi connectivity index (χ2n) is 7.59. The van der Waals surface area contributed by atoms with Gasteiger partial charge in [-0.1, -0.05) is 12.1 Å². The highest BCUT2D eigenvalue weighted by molar-refractivity contribution is 5.92. The summed E-state index contributed by atoms with van der Waals surface area (Å²) in [5, 5.41) is 10.1. The molecule has 0 spiro atoms. The van der Waals surface area contributed by atoms with Crippen LogP contribution in [0.25, 0.3) is 11.3 Å². The van der Waals surface area contributed by atoms with Gasteiger partial charge in [-0.05, 0) is 37.8 Å². The number of aromatic nitrogens is 2. The molecule has 1 aromatic heterocycles. The third-order valence-corrected chi connectivity index (χ3v) is 5.74. The summed E-state index contributed by atoms with van der Waals surface area (Å²) in [6.45, 7) is 2.96. The van der Waals surface area contributed by atoms with Gasteiger partial charge in [-0.2, -0.15) is 5.10 Å². The van der Waals surface area contributed by atoms with Gasteiger partial charge in [-0.15, -0.1) is 0 Å². The number of likely N-dealkylation sites (tertiary alicyclic amines) is 2. The molecule has 0 aliphatic carbocycles. The molecule has 1 aromatic carbocycles. The highest BCUT2D eigenvalue weighted by Crippen LogP contribution is 2.29. The number of hydrogen-bond acceptors (Lipinski definition) is 4. The number of carbonyl (C=O) groups is 2. The first-order valence-electron chi connectivity index (χ1n) is 10.2. The molecule has 0 saturated carbocycles. The molecule has 0 atom stereocenters. The molecule has 8 heteroatoms. The maximum atomic E-state index is 12.7. The van der Waals surface area contributed by atoms with E-state index in [0.717, 1.165) is 42.9 Å². The van der Waals surface area contributed by atoms with Gasteiger partial charge in [0.05, 0.1) is 12.8 Å². The van der Waals surface area contributed by atoms with Crippen LogP contribution in [0.15, 0.2) is 30.3 Å². The fourth-order valence-corrected chi connectivity index (χ4v) is 4.06. The number of para-hydroxylation sites is 1. The van der Waals surface area contributed by atoms with Crippen LogP contribution in [-0.4, -0.2) is 65.2 Å². The summed E-state index contributed by atoms with van der Waals surface area (Å²) >= 11 is 0. The fraction of sp³-hybridized carbons (Fsp3) is 0.476. The molecule has 2 aromatic rings. The minimum absolute atomic E-state index is 0.0450. The largest absolute Gasteiger partial charge is 0.496 e. The van der Waals surface area contributed by atoms with Gasteiger partial charge in [0.2, 0.25) is 5.91 Å². The summed E-state index contributed by atoms with van der Waals surface area (Å²) in [6.07, 6.45) is 3.53. The predicted molar refractivity (Wildman–Crippen MR) is 110 cm³/mol. The molecule has 0 bridgehead atoms. The topological polar surface area (TPSA) is 90.6 Å². The van der Waals surface area contributed by atoms with Gasteiger partial charge >= 0.3 is 6.03 Å². The average molecular weight is 397 g/mol. The van der Waals surface area contributed by atoms with E-state index in [1.54, 1.807) is 7.11 Å². The molecular weight excluding hydrogens is 370 g/mol. The van der Waals surface area contributed by atoms with E-state index in [1.807, 2.05) is 40.1 Å². The van der Waals surface area contributed by atoms with Crippen molar-refractivity contribution in [1.29, 1.82) is 0 Å². The van der Waals surface area contributed by atoms with Crippen molar-refractivity contribution in [2.24, 2.45) is 5.92 Å². The van der Waals surface area contributed by atoms with Crippen molar-refractivity contribution in [1.82, 2.24) is 20.0 Å². The first kappa shape index (κ1) is 19.3. The number of benzene rings is 1. The van der Waals surface area contributed by atoms with E-state index in [4.69, 9.17) is 4.74 Å². The Morgan fingerprint density at radius 1 is 1.10 bits per heavy atom. The SMILES string of the molecule is COc1ccccc1-c1cc(NC(=O)C2CCN(C(=O)N3CCCC3)CC2)n[nH]1. The average Bonchev–Trinajstić information content (AvgIpc) is 3.46. The number of aromatic amines is 1. The Hall–Kier alpha value is -3.03. The van der Waals surface area contributed by atoms with Crippen molar-refractivity contribution < 1.29 is 14.3 Å². The van der Waals surface area contributed by atoms with E-state index in [9.17, 15) is 9.59 Å². The van der Waals surface area contributed by atoms with E-state index in [2.05, 4.69) is 15.5 Å². The number of anilines is 1. The Balaban J connectivity index is 1.32. The zero-order valence-corrected chi connectivity index (χ0v) is 16.7. The zero-order chi connectivity index (χ0) is 20.2. The van der Waals surface area contributed by atoms with Crippen molar-refractivity contribution in [2.45, 2.75) is 25.7 Å². The third kappa shape index (κ3) is 4.21. The number of nitrogens with zero attached hydrogens (tertiary/aromatic N) is 3. The standard InChI is InChI=1S/C21H27N5O3/c1-29-18-7-3-2-6-16(18)17-14-19(24-23-17)22-20(27)15-8-12-26(13-9-15)21(28)25-10-4-5-11-25/h2-3,6-7,14-15H,4-5,8-13H2,1H3,(H2,22,23,24,27). The molecule has 3 amide bonds. The third-order valence-electron chi connectivity index (χ3n) is 5.74. The molecule has 2 N–H and O–H groups in total. The lowest BCUT2D eigenvalue weighted by Crippen LogP contribution is -2.47. The molecule has 3 heterocycles. The van der Waals surface area contributed by atoms with Crippen LogP contribution in [0.2, 0.25) is 0 Å². The van der Waals surface area contributed by atoms with E-state index >= 15 is 0 Å². The molecule has 154 valence electrons. The van der Waals surface area contributed by atoms with E-state index in [-0.39, 0.29) is 17.9 Å². The number of piperidine rings is 1. The van der Waals surface area contributed by atoms with Crippen molar-refractivity contribution in [3.63, 3.8) is 0 Å². The van der Waals surface area contributed by atoms with Crippen molar-refractivity contribution in [2.75, 3.05) is 38.6 Å². The van der Waals surface area contributed by atoms with Gasteiger partial charge in [0, 0.05) is 43.7 Å². The number of H-pyrrole nitrogens is 1. The zero-order valence-electron chi connectivity index (χ0n) is 16.7. The van der Waals surface area contributed by atoms with Crippen molar-refractivity contribution in [3.8, 4) is 17.0 Å². The number of nitrogens with one attached hydrogen (secondary N) is 2. The summed E-state index contributed by atoms with van der Waals surface area (Å²) in [4.78, 5) is 28.9. The molecule has 0 radical (unpaired) electrons. The molecule has 4 rings (SSSR count). The van der Waals surface area contributed by atoms with Crippen LogP contribution in [0.1, 0.15) is 25.7 Å². The number of amides is 3. The summed E-state index contributed by atoms with van der Waals surface area (Å²) in [6, 6.07) is 9.57. The molecule has 2 aliphatic rings. The van der Waals surface area contributed by atoms with Crippen LogP contribution in [0.3, 0.4) is 0 Å². The van der Waals surface area contributed by atoms with Crippen LogP contribution in [0, 0.1) is 5.92 Å². The summed E-state index contributed by atoms with van der Waals surface area (Å²) in [5.41, 5.74) is 1.67. The molecule has 8 nitrogen and oxygen atoms in total. The molecular formula is C21H27N5O3. The van der Waals surface area contributed by atoms with Crippen molar-refractivity contribution >= 4 is 17.8 Å². The molecule has 29 heavy (non-hydrogen) atoms. The lowest BCUT2D eigenvalue weighted by atomic mass is 9.96. The smallest absolute Gasteiger partial charge is 0.319 e. The number of methoxy groups -OCH3 is 1. The van der Waals surface area contributed by atoms with Crippen LogP contribution in [0.5, 0.6) is 5.75 Å². The molecule has 2 fully saturated rings. The Morgan fingerprint density at radius 2 is 1.79 bits per heavy atom. The lowest BCUT2D eigenvalue weighted by molar-refractivity contribution is -0.121. The Labute approximate surface area is 170 Å². The minimum atomic E-state index is -0.107. The van der Waals surface area contributed by atoms with Crippen LogP contribution in [-0.2, 0) is 4.79 Å². The minimum Gasteiger partial charge on any atom is -0.496 e.